The highest BCUT2D eigenvalue weighted by Crippen LogP contribution is 2.44. The van der Waals surface area contributed by atoms with Crippen LogP contribution < -0.4 is 5.32 Å². The molecular formula is C28H32N2O5. The van der Waals surface area contributed by atoms with Crippen molar-refractivity contribution in [3.63, 3.8) is 0 Å². The van der Waals surface area contributed by atoms with E-state index in [2.05, 4.69) is 24.0 Å². The number of hydrogen-bond acceptors (Lipinski definition) is 4. The van der Waals surface area contributed by atoms with Gasteiger partial charge in [0.2, 0.25) is 5.91 Å². The van der Waals surface area contributed by atoms with Crippen LogP contribution in [0, 0.1) is 5.41 Å². The number of nitrogens with zero attached hydrogens (tertiary/aromatic N) is 1. The lowest BCUT2D eigenvalue weighted by atomic mass is 9.82. The number of fused-ring (bicyclic) bond motifs is 3. The highest BCUT2D eigenvalue weighted by molar-refractivity contribution is 5.87. The molecule has 1 fully saturated rings. The monoisotopic (exact) mass is 476 g/mol. The summed E-state index contributed by atoms with van der Waals surface area (Å²) in [6.07, 6.45) is 3.05. The molecular weight excluding hydrogens is 444 g/mol. The maximum atomic E-state index is 13.3. The molecule has 1 aliphatic heterocycles. The smallest absolute Gasteiger partial charge is 0.407 e. The molecule has 35 heavy (non-hydrogen) atoms. The van der Waals surface area contributed by atoms with E-state index in [1.807, 2.05) is 36.4 Å². The number of carboxylic acid groups (broad SMARTS) is 1. The molecule has 1 saturated heterocycles. The molecule has 2 aromatic rings. The zero-order valence-corrected chi connectivity index (χ0v) is 20.0. The Kier molecular flexibility index (Phi) is 7.24. The van der Waals surface area contributed by atoms with Crippen molar-refractivity contribution in [3.05, 3.63) is 72.3 Å². The lowest BCUT2D eigenvalue weighted by Gasteiger charge is -2.39. The molecule has 4 rings (SSSR count). The summed E-state index contributed by atoms with van der Waals surface area (Å²) in [4.78, 5) is 39.3. The van der Waals surface area contributed by atoms with Gasteiger partial charge in [-0.05, 0) is 54.9 Å². The normalized spacial score (nSPS) is 19.9. The van der Waals surface area contributed by atoms with Crippen LogP contribution in [0.2, 0.25) is 0 Å². The predicted octanol–water partition coefficient (Wildman–Crippen LogP) is 4.57. The van der Waals surface area contributed by atoms with Crippen molar-refractivity contribution in [2.24, 2.45) is 5.41 Å². The van der Waals surface area contributed by atoms with Crippen molar-refractivity contribution in [3.8, 4) is 11.1 Å². The molecule has 2 atom stereocenters. The Balaban J connectivity index is 1.43. The molecule has 2 aromatic carbocycles. The first-order valence-electron chi connectivity index (χ1n) is 12.1. The molecule has 1 heterocycles. The SMILES string of the molecule is C=CCCC(NC(=O)OCC1c2ccccc2-c2ccccc21)C(=O)N1CCCC(C)(C(=O)O)C1. The Morgan fingerprint density at radius 3 is 2.40 bits per heavy atom. The van der Waals surface area contributed by atoms with E-state index in [1.54, 1.807) is 17.9 Å². The van der Waals surface area contributed by atoms with Crippen molar-refractivity contribution in [2.75, 3.05) is 19.7 Å². The second kappa shape index (κ2) is 10.3. The number of rotatable bonds is 8. The summed E-state index contributed by atoms with van der Waals surface area (Å²) in [7, 11) is 0. The Labute approximate surface area is 205 Å². The summed E-state index contributed by atoms with van der Waals surface area (Å²) in [6.45, 7) is 6.12. The van der Waals surface area contributed by atoms with E-state index >= 15 is 0 Å². The minimum atomic E-state index is -0.985. The number of allylic oxidation sites excluding steroid dienone is 1. The summed E-state index contributed by atoms with van der Waals surface area (Å²) in [5, 5.41) is 12.3. The van der Waals surface area contributed by atoms with Gasteiger partial charge in [0, 0.05) is 19.0 Å². The third-order valence-electron chi connectivity index (χ3n) is 7.12. The fourth-order valence-corrected chi connectivity index (χ4v) is 5.15. The quantitative estimate of drug-likeness (QED) is 0.544. The van der Waals surface area contributed by atoms with E-state index in [1.165, 1.54) is 0 Å². The average molecular weight is 477 g/mol. The maximum absolute atomic E-state index is 13.3. The molecule has 2 amide bonds. The second-order valence-electron chi connectivity index (χ2n) is 9.62. The number of nitrogens with one attached hydrogen (secondary N) is 1. The molecule has 7 heteroatoms. The molecule has 2 aliphatic rings. The molecule has 0 saturated carbocycles. The van der Waals surface area contributed by atoms with Gasteiger partial charge in [-0.2, -0.15) is 0 Å². The Bertz CT molecular complexity index is 1080. The van der Waals surface area contributed by atoms with Crippen LogP contribution in [0.25, 0.3) is 11.1 Å². The van der Waals surface area contributed by atoms with Crippen LogP contribution >= 0.6 is 0 Å². The molecule has 0 bridgehead atoms. The van der Waals surface area contributed by atoms with Crippen LogP contribution in [0.15, 0.2) is 61.2 Å². The number of likely N-dealkylation sites (tertiary alicyclic amines) is 1. The molecule has 0 spiro atoms. The largest absolute Gasteiger partial charge is 0.481 e. The Morgan fingerprint density at radius 2 is 1.80 bits per heavy atom. The summed E-state index contributed by atoms with van der Waals surface area (Å²) < 4.78 is 5.63. The number of piperidine rings is 1. The molecule has 2 N–H and O–H groups in total. The summed E-state index contributed by atoms with van der Waals surface area (Å²) in [6, 6.07) is 15.4. The van der Waals surface area contributed by atoms with Gasteiger partial charge >= 0.3 is 12.1 Å². The first-order chi connectivity index (χ1) is 16.8. The van der Waals surface area contributed by atoms with Gasteiger partial charge in [0.25, 0.3) is 0 Å². The van der Waals surface area contributed by atoms with Crippen molar-refractivity contribution >= 4 is 18.0 Å². The predicted molar refractivity (Wildman–Crippen MR) is 133 cm³/mol. The third kappa shape index (κ3) is 5.09. The zero-order chi connectivity index (χ0) is 25.0. The number of carboxylic acids is 1. The number of ether oxygens (including phenoxy) is 1. The molecule has 184 valence electrons. The minimum Gasteiger partial charge on any atom is -0.481 e. The van der Waals surface area contributed by atoms with Crippen LogP contribution in [-0.4, -0.2) is 53.7 Å². The maximum Gasteiger partial charge on any atom is 0.407 e. The molecule has 7 nitrogen and oxygen atoms in total. The van der Waals surface area contributed by atoms with Gasteiger partial charge in [0.05, 0.1) is 5.41 Å². The van der Waals surface area contributed by atoms with Crippen molar-refractivity contribution in [2.45, 2.75) is 44.6 Å². The van der Waals surface area contributed by atoms with Crippen LogP contribution in [0.1, 0.15) is 49.7 Å². The number of carbonyl (C=O) groups excluding carboxylic acids is 2. The van der Waals surface area contributed by atoms with E-state index in [0.717, 1.165) is 22.3 Å². The molecule has 0 aromatic heterocycles. The van der Waals surface area contributed by atoms with Crippen molar-refractivity contribution < 1.29 is 24.2 Å². The first kappa shape index (κ1) is 24.5. The van der Waals surface area contributed by atoms with Gasteiger partial charge < -0.3 is 20.1 Å². The van der Waals surface area contributed by atoms with Gasteiger partial charge in [-0.3, -0.25) is 9.59 Å². The highest BCUT2D eigenvalue weighted by Gasteiger charge is 2.41. The van der Waals surface area contributed by atoms with E-state index in [-0.39, 0.29) is 25.0 Å². The standard InChI is InChI=1S/C28H32N2O5/c1-3-4-14-24(25(31)30-16-9-15-28(2,18-30)26(32)33)29-27(34)35-17-23-21-12-7-5-10-19(21)20-11-6-8-13-22(20)23/h3,5-8,10-13,23-24H,1,4,9,14-18H2,2H3,(H,29,34)(H,32,33). The van der Waals surface area contributed by atoms with Gasteiger partial charge in [0.15, 0.2) is 0 Å². The summed E-state index contributed by atoms with van der Waals surface area (Å²) in [5.41, 5.74) is 3.52. The van der Waals surface area contributed by atoms with Crippen LogP contribution in [-0.2, 0) is 14.3 Å². The Hall–Kier alpha value is -3.61. The fraction of sp³-hybridized carbons (Fsp3) is 0.393. The number of hydrogen-bond donors (Lipinski definition) is 2. The highest BCUT2D eigenvalue weighted by atomic mass is 16.5. The van der Waals surface area contributed by atoms with Gasteiger partial charge in [-0.15, -0.1) is 6.58 Å². The average Bonchev–Trinajstić information content (AvgIpc) is 3.18. The molecule has 1 aliphatic carbocycles. The van der Waals surface area contributed by atoms with Crippen molar-refractivity contribution in [1.29, 1.82) is 0 Å². The Morgan fingerprint density at radius 1 is 1.17 bits per heavy atom. The van der Waals surface area contributed by atoms with Gasteiger partial charge in [-0.1, -0.05) is 54.6 Å². The van der Waals surface area contributed by atoms with E-state index in [4.69, 9.17) is 4.74 Å². The van der Waals surface area contributed by atoms with Crippen LogP contribution in [0.4, 0.5) is 4.79 Å². The summed E-state index contributed by atoms with van der Waals surface area (Å²) in [5.74, 6) is -1.27. The summed E-state index contributed by atoms with van der Waals surface area (Å²) >= 11 is 0. The van der Waals surface area contributed by atoms with E-state index in [9.17, 15) is 19.5 Å². The van der Waals surface area contributed by atoms with Crippen molar-refractivity contribution in [1.82, 2.24) is 10.2 Å². The third-order valence-corrected chi connectivity index (χ3v) is 7.12. The number of benzene rings is 2. The second-order valence-corrected chi connectivity index (χ2v) is 9.62. The number of carbonyl (C=O) groups is 3. The fourth-order valence-electron chi connectivity index (χ4n) is 5.15. The lowest BCUT2D eigenvalue weighted by molar-refractivity contribution is -0.154. The molecule has 0 radical (unpaired) electrons. The topological polar surface area (TPSA) is 95.9 Å². The number of amides is 2. The van der Waals surface area contributed by atoms with E-state index < -0.39 is 23.5 Å². The lowest BCUT2D eigenvalue weighted by Crippen LogP contribution is -2.54. The van der Waals surface area contributed by atoms with Crippen LogP contribution in [0.3, 0.4) is 0 Å². The number of aliphatic carboxylic acids is 1. The first-order valence-corrected chi connectivity index (χ1v) is 12.1. The van der Waals surface area contributed by atoms with E-state index in [0.29, 0.717) is 32.2 Å². The van der Waals surface area contributed by atoms with Gasteiger partial charge in [-0.25, -0.2) is 4.79 Å². The van der Waals surface area contributed by atoms with Crippen LogP contribution in [0.5, 0.6) is 0 Å². The minimum absolute atomic E-state index is 0.0751. The molecule has 2 unspecified atom stereocenters. The number of alkyl carbamates (subject to hydrolysis) is 1. The zero-order valence-electron chi connectivity index (χ0n) is 20.0. The van der Waals surface area contributed by atoms with Gasteiger partial charge in [0.1, 0.15) is 12.6 Å².